The lowest BCUT2D eigenvalue weighted by molar-refractivity contribution is 0.0757. The van der Waals surface area contributed by atoms with Crippen LogP contribution in [0.1, 0.15) is 30.4 Å². The molecule has 1 fully saturated rings. The molecule has 15 heavy (non-hydrogen) atoms. The molecule has 2 rings (SSSR count). The van der Waals surface area contributed by atoms with Gasteiger partial charge in [-0.05, 0) is 19.4 Å². The van der Waals surface area contributed by atoms with Crippen LogP contribution in [0.2, 0.25) is 0 Å². The van der Waals surface area contributed by atoms with Gasteiger partial charge in [0.1, 0.15) is 0 Å². The maximum atomic E-state index is 12.3. The van der Waals surface area contributed by atoms with Crippen LogP contribution in [-0.4, -0.2) is 28.4 Å². The van der Waals surface area contributed by atoms with Crippen LogP contribution in [-0.2, 0) is 7.05 Å². The van der Waals surface area contributed by atoms with E-state index in [0.29, 0.717) is 5.82 Å². The number of ketones is 1. The Kier molecular flexibility index (Phi) is 2.61. The number of rotatable bonds is 2. The van der Waals surface area contributed by atoms with Crippen molar-refractivity contribution in [1.82, 2.24) is 14.9 Å². The fourth-order valence-electron chi connectivity index (χ4n) is 2.10. The normalized spacial score (nSPS) is 26.5. The first-order valence-corrected chi connectivity index (χ1v) is 5.36. The van der Waals surface area contributed by atoms with Crippen LogP contribution in [0.4, 0.5) is 0 Å². The van der Waals surface area contributed by atoms with Crippen LogP contribution in [0.3, 0.4) is 0 Å². The van der Waals surface area contributed by atoms with E-state index in [1.165, 1.54) is 0 Å². The molecule has 4 nitrogen and oxygen atoms in total. The number of carbonyl (C=O) groups excluding carboxylic acids is 1. The van der Waals surface area contributed by atoms with Gasteiger partial charge in [0, 0.05) is 31.4 Å². The van der Waals surface area contributed by atoms with Crippen LogP contribution < -0.4 is 5.32 Å². The third-order valence-electron chi connectivity index (χ3n) is 3.17. The minimum atomic E-state index is -0.280. The summed E-state index contributed by atoms with van der Waals surface area (Å²) in [5.74, 6) is 0.725. The van der Waals surface area contributed by atoms with Gasteiger partial charge in [0.15, 0.2) is 5.82 Å². The zero-order chi connectivity index (χ0) is 10.9. The number of piperidine rings is 1. The molecule has 4 heteroatoms. The van der Waals surface area contributed by atoms with Crippen LogP contribution in [0.25, 0.3) is 0 Å². The van der Waals surface area contributed by atoms with E-state index in [0.717, 1.165) is 25.9 Å². The standard InChI is InChI=1S/C11H17N3O/c1-11(4-3-5-12-8-11)9(15)10-13-6-7-14(10)2/h6-7,12H,3-5,8H2,1-2H3. The number of aryl methyl sites for hydroxylation is 1. The molecule has 0 bridgehead atoms. The first kappa shape index (κ1) is 10.4. The van der Waals surface area contributed by atoms with Crippen molar-refractivity contribution in [3.63, 3.8) is 0 Å². The molecule has 1 saturated heterocycles. The number of Topliss-reactive ketones (excluding diaryl/α,β-unsaturated/α-hetero) is 1. The molecule has 2 heterocycles. The molecular formula is C11H17N3O. The monoisotopic (exact) mass is 207 g/mol. The van der Waals surface area contributed by atoms with E-state index in [9.17, 15) is 4.79 Å². The van der Waals surface area contributed by atoms with Crippen molar-refractivity contribution in [2.45, 2.75) is 19.8 Å². The molecule has 0 radical (unpaired) electrons. The summed E-state index contributed by atoms with van der Waals surface area (Å²) in [6.45, 7) is 3.80. The Morgan fingerprint density at radius 3 is 3.00 bits per heavy atom. The molecule has 82 valence electrons. The lowest BCUT2D eigenvalue weighted by Crippen LogP contribution is -2.44. The first-order chi connectivity index (χ1) is 7.13. The summed E-state index contributed by atoms with van der Waals surface area (Å²) in [5, 5.41) is 3.28. The van der Waals surface area contributed by atoms with Gasteiger partial charge in [0.2, 0.25) is 5.78 Å². The summed E-state index contributed by atoms with van der Waals surface area (Å²) in [5.41, 5.74) is -0.280. The first-order valence-electron chi connectivity index (χ1n) is 5.36. The Balaban J connectivity index is 2.23. The van der Waals surface area contributed by atoms with Crippen LogP contribution >= 0.6 is 0 Å². The molecule has 1 aromatic rings. The van der Waals surface area contributed by atoms with Crippen molar-refractivity contribution in [3.05, 3.63) is 18.2 Å². The van der Waals surface area contributed by atoms with E-state index < -0.39 is 0 Å². The number of carbonyl (C=O) groups is 1. The van der Waals surface area contributed by atoms with Crippen molar-refractivity contribution in [2.24, 2.45) is 12.5 Å². The van der Waals surface area contributed by atoms with Crippen molar-refractivity contribution < 1.29 is 4.79 Å². The lowest BCUT2D eigenvalue weighted by atomic mass is 9.78. The summed E-state index contributed by atoms with van der Waals surface area (Å²) in [6.07, 6.45) is 5.50. The second-order valence-electron chi connectivity index (χ2n) is 4.53. The fourth-order valence-corrected chi connectivity index (χ4v) is 2.10. The second kappa shape index (κ2) is 3.77. The molecule has 0 spiro atoms. The van der Waals surface area contributed by atoms with Crippen LogP contribution in [0, 0.1) is 5.41 Å². The van der Waals surface area contributed by atoms with Crippen molar-refractivity contribution in [3.8, 4) is 0 Å². The average Bonchev–Trinajstić information content (AvgIpc) is 2.64. The van der Waals surface area contributed by atoms with Crippen LogP contribution in [0.15, 0.2) is 12.4 Å². The minimum absolute atomic E-state index is 0.155. The summed E-state index contributed by atoms with van der Waals surface area (Å²) >= 11 is 0. The second-order valence-corrected chi connectivity index (χ2v) is 4.53. The Bertz CT molecular complexity index is 364. The van der Waals surface area contributed by atoms with Gasteiger partial charge in [-0.2, -0.15) is 0 Å². The SMILES string of the molecule is Cn1ccnc1C(=O)C1(C)CCCNC1. The van der Waals surface area contributed by atoms with Gasteiger partial charge in [-0.1, -0.05) is 6.92 Å². The smallest absolute Gasteiger partial charge is 0.205 e. The number of nitrogens with zero attached hydrogens (tertiary/aromatic N) is 2. The number of hydrogen-bond donors (Lipinski definition) is 1. The van der Waals surface area contributed by atoms with Crippen molar-refractivity contribution in [1.29, 1.82) is 0 Å². The molecule has 1 unspecified atom stereocenters. The molecular weight excluding hydrogens is 190 g/mol. The number of imidazole rings is 1. The van der Waals surface area contributed by atoms with Crippen LogP contribution in [0.5, 0.6) is 0 Å². The van der Waals surface area contributed by atoms with E-state index in [1.54, 1.807) is 10.8 Å². The highest BCUT2D eigenvalue weighted by Crippen LogP contribution is 2.29. The number of aromatic nitrogens is 2. The molecule has 0 aliphatic carbocycles. The molecule has 1 N–H and O–H groups in total. The van der Waals surface area contributed by atoms with E-state index in [-0.39, 0.29) is 11.2 Å². The average molecular weight is 207 g/mol. The largest absolute Gasteiger partial charge is 0.332 e. The van der Waals surface area contributed by atoms with Gasteiger partial charge >= 0.3 is 0 Å². The molecule has 1 aliphatic heterocycles. The van der Waals surface area contributed by atoms with Crippen molar-refractivity contribution in [2.75, 3.05) is 13.1 Å². The molecule has 0 saturated carbocycles. The van der Waals surface area contributed by atoms with Gasteiger partial charge in [-0.25, -0.2) is 4.98 Å². The topological polar surface area (TPSA) is 46.9 Å². The predicted octanol–water partition coefficient (Wildman–Crippen LogP) is 0.992. The summed E-state index contributed by atoms with van der Waals surface area (Å²) in [6, 6.07) is 0. The Labute approximate surface area is 89.7 Å². The number of nitrogens with one attached hydrogen (secondary N) is 1. The molecule has 1 aliphatic rings. The summed E-state index contributed by atoms with van der Waals surface area (Å²) in [4.78, 5) is 16.4. The molecule has 0 amide bonds. The Morgan fingerprint density at radius 2 is 2.47 bits per heavy atom. The zero-order valence-corrected chi connectivity index (χ0v) is 9.29. The lowest BCUT2D eigenvalue weighted by Gasteiger charge is -2.32. The van der Waals surface area contributed by atoms with Gasteiger partial charge in [-0.15, -0.1) is 0 Å². The van der Waals surface area contributed by atoms with Gasteiger partial charge in [0.05, 0.1) is 0 Å². The third kappa shape index (κ3) is 1.81. The molecule has 0 aromatic carbocycles. The Hall–Kier alpha value is -1.16. The quantitative estimate of drug-likeness (QED) is 0.736. The maximum absolute atomic E-state index is 12.3. The van der Waals surface area contributed by atoms with E-state index >= 15 is 0 Å². The third-order valence-corrected chi connectivity index (χ3v) is 3.17. The van der Waals surface area contributed by atoms with Gasteiger partial charge < -0.3 is 9.88 Å². The highest BCUT2D eigenvalue weighted by molar-refractivity contribution is 5.97. The fraction of sp³-hybridized carbons (Fsp3) is 0.636. The molecule has 1 aromatic heterocycles. The van der Waals surface area contributed by atoms with E-state index in [4.69, 9.17) is 0 Å². The maximum Gasteiger partial charge on any atom is 0.205 e. The van der Waals surface area contributed by atoms with E-state index in [1.807, 2.05) is 20.2 Å². The zero-order valence-electron chi connectivity index (χ0n) is 9.29. The predicted molar refractivity (Wildman–Crippen MR) is 57.7 cm³/mol. The summed E-state index contributed by atoms with van der Waals surface area (Å²) in [7, 11) is 1.86. The van der Waals surface area contributed by atoms with Gasteiger partial charge in [0.25, 0.3) is 0 Å². The van der Waals surface area contributed by atoms with Gasteiger partial charge in [-0.3, -0.25) is 4.79 Å². The minimum Gasteiger partial charge on any atom is -0.332 e. The van der Waals surface area contributed by atoms with E-state index in [2.05, 4.69) is 10.3 Å². The Morgan fingerprint density at radius 1 is 1.67 bits per heavy atom. The highest BCUT2D eigenvalue weighted by Gasteiger charge is 2.36. The number of hydrogen-bond acceptors (Lipinski definition) is 3. The molecule has 1 atom stereocenters. The summed E-state index contributed by atoms with van der Waals surface area (Å²) < 4.78 is 1.79. The van der Waals surface area contributed by atoms with Crippen molar-refractivity contribution >= 4 is 5.78 Å². The highest BCUT2D eigenvalue weighted by atomic mass is 16.1.